The van der Waals surface area contributed by atoms with E-state index < -0.39 is 17.8 Å². The highest BCUT2D eigenvalue weighted by atomic mass is 19.4. The number of nitrogens with zero attached hydrogens (tertiary/aromatic N) is 4. The minimum absolute atomic E-state index is 0.00109. The van der Waals surface area contributed by atoms with Crippen LogP contribution in [0.25, 0.3) is 22.3 Å². The fraction of sp³-hybridized carbons (Fsp3) is 0.351. The Labute approximate surface area is 290 Å². The molecule has 0 spiro atoms. The number of imidazole rings is 1. The lowest BCUT2D eigenvalue weighted by Crippen LogP contribution is -2.31. The molecule has 0 saturated carbocycles. The highest BCUT2D eigenvalue weighted by molar-refractivity contribution is 5.95. The molecule has 5 heterocycles. The summed E-state index contributed by atoms with van der Waals surface area (Å²) in [5, 5.41) is 9.91. The lowest BCUT2D eigenvalue weighted by molar-refractivity contribution is -0.141. The van der Waals surface area contributed by atoms with E-state index in [-0.39, 0.29) is 44.5 Å². The molecule has 0 aliphatic carbocycles. The van der Waals surface area contributed by atoms with Crippen LogP contribution >= 0.6 is 0 Å². The van der Waals surface area contributed by atoms with Crippen LogP contribution in [0.15, 0.2) is 60.8 Å². The molecule has 1 N–H and O–H groups in total. The number of aromatic carboxylic acids is 1. The third kappa shape index (κ3) is 7.67. The van der Waals surface area contributed by atoms with Gasteiger partial charge in [0.2, 0.25) is 5.88 Å². The predicted molar refractivity (Wildman–Crippen MR) is 178 cm³/mol. The molecule has 51 heavy (non-hydrogen) atoms. The zero-order valence-electron chi connectivity index (χ0n) is 27.7. The van der Waals surface area contributed by atoms with Gasteiger partial charge >= 0.3 is 12.1 Å². The van der Waals surface area contributed by atoms with Crippen LogP contribution in [0.5, 0.6) is 11.6 Å². The average molecular weight is 705 g/mol. The van der Waals surface area contributed by atoms with Crippen molar-refractivity contribution in [3.63, 3.8) is 0 Å². The average Bonchev–Trinajstić information content (AvgIpc) is 3.44. The van der Waals surface area contributed by atoms with Crippen molar-refractivity contribution >= 4 is 17.0 Å². The van der Waals surface area contributed by atoms with Crippen molar-refractivity contribution in [3.8, 4) is 22.9 Å². The molecule has 14 heteroatoms. The van der Waals surface area contributed by atoms with Crippen LogP contribution in [0.3, 0.4) is 0 Å². The second-order valence-electron chi connectivity index (χ2n) is 12.4. The normalized spacial score (nSPS) is 16.1. The summed E-state index contributed by atoms with van der Waals surface area (Å²) in [6.45, 7) is 1.98. The summed E-state index contributed by atoms with van der Waals surface area (Å²) < 4.78 is 71.5. The van der Waals surface area contributed by atoms with E-state index in [2.05, 4.69) is 9.97 Å². The Hall–Kier alpha value is -5.05. The van der Waals surface area contributed by atoms with Crippen LogP contribution < -0.4 is 9.47 Å². The number of carboxylic acid groups (broad SMARTS) is 1. The van der Waals surface area contributed by atoms with E-state index in [0.29, 0.717) is 71.5 Å². The van der Waals surface area contributed by atoms with E-state index in [1.165, 1.54) is 12.3 Å². The quantitative estimate of drug-likeness (QED) is 0.176. The number of methoxy groups -OCH3 is 1. The van der Waals surface area contributed by atoms with E-state index in [1.54, 1.807) is 19.2 Å². The first-order valence-corrected chi connectivity index (χ1v) is 16.5. The maximum absolute atomic E-state index is 13.5. The molecule has 3 aromatic heterocycles. The summed E-state index contributed by atoms with van der Waals surface area (Å²) in [5.41, 5.74) is 4.39. The van der Waals surface area contributed by atoms with Crippen molar-refractivity contribution in [1.82, 2.24) is 19.5 Å². The summed E-state index contributed by atoms with van der Waals surface area (Å²) in [5.74, 6) is 0.259. The number of carbonyl (C=O) groups is 1. The molecular formula is C37H35F3N4O7. The Balaban J connectivity index is 1.26. The standard InChI is InChI=1S/C37H35F3N4O7/c1-47-11-12-50-31-15-25(36(45)46)14-30-35(31)43-33(44(30)19-28-8-10-49-28)17-22-5-6-24-13-26(22)20-48-9-7-23-16-32(37(38,39)40)41-18-27(23)21-51-34-4-2-3-29(24)42-34/h2-6,13-16,18,28H,7-12,17,19-21H2,1H3,(H,45,46)/t28-/m0/s1. The van der Waals surface area contributed by atoms with Crippen molar-refractivity contribution in [2.45, 2.75) is 51.3 Å². The molecule has 4 bridgehead atoms. The van der Waals surface area contributed by atoms with Gasteiger partial charge in [-0.2, -0.15) is 13.2 Å². The number of pyridine rings is 2. The van der Waals surface area contributed by atoms with Gasteiger partial charge in [-0.15, -0.1) is 0 Å². The molecule has 0 radical (unpaired) electrons. The van der Waals surface area contributed by atoms with Crippen molar-refractivity contribution in [2.24, 2.45) is 0 Å². The molecule has 2 aliphatic heterocycles. The molecular weight excluding hydrogens is 669 g/mol. The van der Waals surface area contributed by atoms with Gasteiger partial charge in [-0.25, -0.2) is 14.8 Å². The Morgan fingerprint density at radius 3 is 2.65 bits per heavy atom. The van der Waals surface area contributed by atoms with Gasteiger partial charge < -0.3 is 33.4 Å². The number of carboxylic acids is 1. The summed E-state index contributed by atoms with van der Waals surface area (Å²) in [6.07, 6.45) is -2.01. The highest BCUT2D eigenvalue weighted by Gasteiger charge is 2.33. The van der Waals surface area contributed by atoms with Gasteiger partial charge in [-0.1, -0.05) is 18.2 Å². The first-order chi connectivity index (χ1) is 24.7. The fourth-order valence-corrected chi connectivity index (χ4v) is 6.16. The minimum Gasteiger partial charge on any atom is -0.489 e. The second kappa shape index (κ2) is 14.7. The van der Waals surface area contributed by atoms with E-state index in [0.717, 1.165) is 29.2 Å². The van der Waals surface area contributed by atoms with E-state index >= 15 is 0 Å². The maximum atomic E-state index is 13.5. The van der Waals surface area contributed by atoms with Gasteiger partial charge in [0.15, 0.2) is 0 Å². The first-order valence-electron chi connectivity index (χ1n) is 16.5. The van der Waals surface area contributed by atoms with Crippen molar-refractivity contribution in [1.29, 1.82) is 0 Å². The molecule has 5 aromatic rings. The van der Waals surface area contributed by atoms with Gasteiger partial charge in [0.25, 0.3) is 0 Å². The second-order valence-corrected chi connectivity index (χ2v) is 12.4. The van der Waals surface area contributed by atoms with Crippen LogP contribution in [0.2, 0.25) is 0 Å². The molecule has 266 valence electrons. The summed E-state index contributed by atoms with van der Waals surface area (Å²) in [7, 11) is 1.56. The number of halogens is 3. The largest absolute Gasteiger partial charge is 0.489 e. The van der Waals surface area contributed by atoms with Gasteiger partial charge in [-0.05, 0) is 59.9 Å². The lowest BCUT2D eigenvalue weighted by atomic mass is 9.99. The zero-order valence-corrected chi connectivity index (χ0v) is 27.7. The number of hydrogen-bond donors (Lipinski definition) is 1. The molecule has 1 saturated heterocycles. The Bertz CT molecular complexity index is 2060. The van der Waals surface area contributed by atoms with Crippen molar-refractivity contribution in [2.75, 3.05) is 33.5 Å². The van der Waals surface area contributed by atoms with Gasteiger partial charge in [0.05, 0.1) is 49.2 Å². The summed E-state index contributed by atoms with van der Waals surface area (Å²) in [6, 6.07) is 15.4. The molecule has 11 nitrogen and oxygen atoms in total. The number of aromatic nitrogens is 4. The Morgan fingerprint density at radius 1 is 1.02 bits per heavy atom. The number of alkyl halides is 3. The molecule has 0 amide bonds. The van der Waals surface area contributed by atoms with E-state index in [4.69, 9.17) is 28.7 Å². The van der Waals surface area contributed by atoms with Crippen LogP contribution in [0.1, 0.15) is 50.6 Å². The fourth-order valence-electron chi connectivity index (χ4n) is 6.16. The molecule has 1 atom stereocenters. The number of benzene rings is 2. The topological polar surface area (TPSA) is 127 Å². The SMILES string of the molecule is COCCOc1cc(C(=O)O)cc2c1nc(Cc1ccc3cc1COCCc1cc(C(F)(F)F)ncc1COc1cccc-3n1)n2C[C@@H]1CCO1. The van der Waals surface area contributed by atoms with Crippen LogP contribution in [0, 0.1) is 0 Å². The third-order valence-electron chi connectivity index (χ3n) is 8.97. The number of fused-ring (bicyclic) bond motifs is 7. The summed E-state index contributed by atoms with van der Waals surface area (Å²) in [4.78, 5) is 25.4. The third-order valence-corrected chi connectivity index (χ3v) is 8.97. The Kier molecular flexibility index (Phi) is 9.89. The molecule has 2 aromatic carbocycles. The first kappa shape index (κ1) is 34.4. The highest BCUT2D eigenvalue weighted by Crippen LogP contribution is 2.33. The van der Waals surface area contributed by atoms with Gasteiger partial charge in [-0.3, -0.25) is 4.98 Å². The smallest absolute Gasteiger partial charge is 0.433 e. The number of rotatable bonds is 9. The van der Waals surface area contributed by atoms with Crippen LogP contribution in [-0.4, -0.2) is 70.2 Å². The molecule has 7 rings (SSSR count). The van der Waals surface area contributed by atoms with Crippen molar-refractivity contribution < 1.29 is 46.8 Å². The van der Waals surface area contributed by atoms with Gasteiger partial charge in [0, 0.05) is 43.5 Å². The summed E-state index contributed by atoms with van der Waals surface area (Å²) >= 11 is 0. The zero-order chi connectivity index (χ0) is 35.5. The van der Waals surface area contributed by atoms with Gasteiger partial charge in [0.1, 0.15) is 36.0 Å². The number of ether oxygens (including phenoxy) is 5. The van der Waals surface area contributed by atoms with Crippen molar-refractivity contribution in [3.05, 3.63) is 100 Å². The van der Waals surface area contributed by atoms with E-state index in [9.17, 15) is 23.1 Å². The minimum atomic E-state index is -4.59. The number of hydrogen-bond acceptors (Lipinski definition) is 9. The van der Waals surface area contributed by atoms with Crippen LogP contribution in [0.4, 0.5) is 13.2 Å². The predicted octanol–water partition coefficient (Wildman–Crippen LogP) is 6.27. The van der Waals surface area contributed by atoms with Crippen LogP contribution in [-0.2, 0) is 53.0 Å². The maximum Gasteiger partial charge on any atom is 0.433 e. The lowest BCUT2D eigenvalue weighted by Gasteiger charge is -2.27. The van der Waals surface area contributed by atoms with E-state index in [1.807, 2.05) is 34.9 Å². The monoisotopic (exact) mass is 704 g/mol. The molecule has 1 fully saturated rings. The molecule has 0 unspecified atom stereocenters. The molecule has 2 aliphatic rings. The Morgan fingerprint density at radius 2 is 1.88 bits per heavy atom.